The van der Waals surface area contributed by atoms with Crippen molar-refractivity contribution in [3.05, 3.63) is 12.4 Å². The van der Waals surface area contributed by atoms with E-state index >= 15 is 0 Å². The third-order valence-electron chi connectivity index (χ3n) is 2.91. The van der Waals surface area contributed by atoms with E-state index in [1.54, 1.807) is 0 Å². The molecule has 1 rings (SSSR count). The van der Waals surface area contributed by atoms with Crippen molar-refractivity contribution in [2.24, 2.45) is 5.92 Å². The lowest BCUT2D eigenvalue weighted by atomic mass is 10.1. The van der Waals surface area contributed by atoms with Gasteiger partial charge in [0.05, 0.1) is 12.4 Å². The van der Waals surface area contributed by atoms with Crippen molar-refractivity contribution >= 4 is 0 Å². The summed E-state index contributed by atoms with van der Waals surface area (Å²) in [6, 6.07) is 0.390. The summed E-state index contributed by atoms with van der Waals surface area (Å²) in [5.74, 6) is 1.43. The van der Waals surface area contributed by atoms with Crippen LogP contribution in [0.15, 0.2) is 12.4 Å². The molecule has 0 aromatic heterocycles. The Morgan fingerprint density at radius 3 is 2.57 bits per heavy atom. The Labute approximate surface area is 86.2 Å². The van der Waals surface area contributed by atoms with Crippen LogP contribution >= 0.6 is 0 Å². The Morgan fingerprint density at radius 1 is 1.50 bits per heavy atom. The van der Waals surface area contributed by atoms with E-state index in [-0.39, 0.29) is 0 Å². The van der Waals surface area contributed by atoms with Gasteiger partial charge in [-0.25, -0.2) is 4.39 Å². The highest BCUT2D eigenvalue weighted by Crippen LogP contribution is 2.16. The van der Waals surface area contributed by atoms with E-state index in [0.717, 1.165) is 12.4 Å². The SMILES string of the molecule is C=C(N[C@H](C)C(C)C)N1CC[C@H](F)C1. The smallest absolute Gasteiger partial charge is 0.119 e. The first-order valence-electron chi connectivity index (χ1n) is 5.35. The minimum atomic E-state index is -0.678. The molecule has 1 heterocycles. The topological polar surface area (TPSA) is 15.3 Å². The summed E-state index contributed by atoms with van der Waals surface area (Å²) in [5.41, 5.74) is 0. The summed E-state index contributed by atoms with van der Waals surface area (Å²) in [5, 5.41) is 3.31. The lowest BCUT2D eigenvalue weighted by Gasteiger charge is -2.27. The summed E-state index contributed by atoms with van der Waals surface area (Å²) in [6.45, 7) is 11.7. The normalized spacial score (nSPS) is 24.1. The van der Waals surface area contributed by atoms with Gasteiger partial charge in [-0.2, -0.15) is 0 Å². The van der Waals surface area contributed by atoms with Crippen molar-refractivity contribution < 1.29 is 4.39 Å². The second-order valence-corrected chi connectivity index (χ2v) is 4.46. The standard InChI is InChI=1S/C11H21FN2/c1-8(2)9(3)13-10(4)14-6-5-11(12)7-14/h8-9,11,13H,4-7H2,1-3H3/t9-,11+/m1/s1. The van der Waals surface area contributed by atoms with Gasteiger partial charge in [-0.15, -0.1) is 0 Å². The largest absolute Gasteiger partial charge is 0.370 e. The fraction of sp³-hybridized carbons (Fsp3) is 0.818. The average molecular weight is 200 g/mol. The Morgan fingerprint density at radius 2 is 2.14 bits per heavy atom. The number of nitrogens with zero attached hydrogens (tertiary/aromatic N) is 1. The van der Waals surface area contributed by atoms with Gasteiger partial charge in [-0.05, 0) is 19.3 Å². The Balaban J connectivity index is 2.35. The summed E-state index contributed by atoms with van der Waals surface area (Å²) in [6.07, 6.45) is -0.0422. The number of nitrogens with one attached hydrogen (secondary N) is 1. The number of rotatable bonds is 4. The van der Waals surface area contributed by atoms with E-state index in [0.29, 0.717) is 24.9 Å². The third kappa shape index (κ3) is 2.89. The quantitative estimate of drug-likeness (QED) is 0.748. The number of alkyl halides is 1. The van der Waals surface area contributed by atoms with Gasteiger partial charge >= 0.3 is 0 Å². The van der Waals surface area contributed by atoms with Crippen molar-refractivity contribution in [1.29, 1.82) is 0 Å². The fourth-order valence-corrected chi connectivity index (χ4v) is 1.48. The van der Waals surface area contributed by atoms with E-state index in [2.05, 4.69) is 32.7 Å². The highest BCUT2D eigenvalue weighted by atomic mass is 19.1. The number of hydrogen-bond donors (Lipinski definition) is 1. The van der Waals surface area contributed by atoms with Gasteiger partial charge in [0, 0.05) is 12.6 Å². The molecule has 0 bridgehead atoms. The van der Waals surface area contributed by atoms with Crippen LogP contribution in [0.2, 0.25) is 0 Å². The van der Waals surface area contributed by atoms with Gasteiger partial charge in [-0.3, -0.25) is 0 Å². The first-order chi connectivity index (χ1) is 6.50. The zero-order valence-corrected chi connectivity index (χ0v) is 9.39. The minimum Gasteiger partial charge on any atom is -0.370 e. The molecule has 1 saturated heterocycles. The molecule has 3 heteroatoms. The third-order valence-corrected chi connectivity index (χ3v) is 2.91. The molecule has 1 N–H and O–H groups in total. The number of likely N-dealkylation sites (tertiary alicyclic amines) is 1. The zero-order chi connectivity index (χ0) is 10.7. The van der Waals surface area contributed by atoms with Gasteiger partial charge < -0.3 is 10.2 Å². The predicted octanol–water partition coefficient (Wildman–Crippen LogP) is 2.14. The van der Waals surface area contributed by atoms with E-state index in [4.69, 9.17) is 0 Å². The molecule has 1 fully saturated rings. The molecule has 0 aliphatic carbocycles. The van der Waals surface area contributed by atoms with E-state index in [1.165, 1.54) is 0 Å². The molecular formula is C11H21FN2. The lowest BCUT2D eigenvalue weighted by molar-refractivity contribution is 0.302. The molecule has 0 saturated carbocycles. The molecular weight excluding hydrogens is 179 g/mol. The molecule has 1 aliphatic heterocycles. The second-order valence-electron chi connectivity index (χ2n) is 4.46. The van der Waals surface area contributed by atoms with Crippen LogP contribution in [0.3, 0.4) is 0 Å². The fourth-order valence-electron chi connectivity index (χ4n) is 1.48. The molecule has 0 unspecified atom stereocenters. The molecule has 1 aliphatic rings. The van der Waals surface area contributed by atoms with Crippen LogP contribution in [0, 0.1) is 5.92 Å². The molecule has 0 amide bonds. The number of halogens is 1. The van der Waals surface area contributed by atoms with Crippen molar-refractivity contribution in [3.63, 3.8) is 0 Å². The number of hydrogen-bond acceptors (Lipinski definition) is 2. The summed E-state index contributed by atoms with van der Waals surface area (Å²) in [4.78, 5) is 1.99. The van der Waals surface area contributed by atoms with Crippen LogP contribution in [0.25, 0.3) is 0 Å². The van der Waals surface area contributed by atoms with Crippen LogP contribution in [0.4, 0.5) is 4.39 Å². The Hall–Kier alpha value is -0.730. The lowest BCUT2D eigenvalue weighted by Crippen LogP contribution is -2.37. The van der Waals surface area contributed by atoms with Gasteiger partial charge in [0.1, 0.15) is 6.17 Å². The Bertz CT molecular complexity index is 203. The highest BCUT2D eigenvalue weighted by molar-refractivity contribution is 4.97. The van der Waals surface area contributed by atoms with Crippen LogP contribution in [0.1, 0.15) is 27.2 Å². The van der Waals surface area contributed by atoms with Gasteiger partial charge in [0.15, 0.2) is 0 Å². The first kappa shape index (κ1) is 11.3. The van der Waals surface area contributed by atoms with Crippen LogP contribution in [-0.4, -0.2) is 30.2 Å². The second kappa shape index (κ2) is 4.67. The van der Waals surface area contributed by atoms with Crippen LogP contribution < -0.4 is 5.32 Å². The van der Waals surface area contributed by atoms with Crippen LogP contribution in [-0.2, 0) is 0 Å². The minimum absolute atomic E-state index is 0.390. The molecule has 0 aromatic rings. The zero-order valence-electron chi connectivity index (χ0n) is 9.39. The van der Waals surface area contributed by atoms with Crippen LogP contribution in [0.5, 0.6) is 0 Å². The molecule has 82 valence electrons. The van der Waals surface area contributed by atoms with E-state index in [9.17, 15) is 4.39 Å². The molecule has 0 spiro atoms. The van der Waals surface area contributed by atoms with Gasteiger partial charge in [0.25, 0.3) is 0 Å². The van der Waals surface area contributed by atoms with Crippen molar-refractivity contribution in [2.45, 2.75) is 39.4 Å². The van der Waals surface area contributed by atoms with E-state index < -0.39 is 6.17 Å². The predicted molar refractivity (Wildman–Crippen MR) is 57.7 cm³/mol. The maximum Gasteiger partial charge on any atom is 0.119 e. The average Bonchev–Trinajstić information content (AvgIpc) is 2.51. The Kier molecular flexibility index (Phi) is 3.78. The molecule has 2 atom stereocenters. The van der Waals surface area contributed by atoms with E-state index in [1.807, 2.05) is 4.90 Å². The van der Waals surface area contributed by atoms with Crippen molar-refractivity contribution in [1.82, 2.24) is 10.2 Å². The maximum atomic E-state index is 12.9. The summed E-state index contributed by atoms with van der Waals surface area (Å²) < 4.78 is 12.9. The molecule has 0 radical (unpaired) electrons. The highest BCUT2D eigenvalue weighted by Gasteiger charge is 2.23. The maximum absolute atomic E-state index is 12.9. The summed E-state index contributed by atoms with van der Waals surface area (Å²) in [7, 11) is 0. The van der Waals surface area contributed by atoms with Crippen molar-refractivity contribution in [3.8, 4) is 0 Å². The van der Waals surface area contributed by atoms with Gasteiger partial charge in [-0.1, -0.05) is 20.4 Å². The summed E-state index contributed by atoms with van der Waals surface area (Å²) >= 11 is 0. The van der Waals surface area contributed by atoms with Crippen molar-refractivity contribution in [2.75, 3.05) is 13.1 Å². The first-order valence-corrected chi connectivity index (χ1v) is 5.35. The molecule has 2 nitrogen and oxygen atoms in total. The van der Waals surface area contributed by atoms with Gasteiger partial charge in [0.2, 0.25) is 0 Å². The monoisotopic (exact) mass is 200 g/mol. The molecule has 14 heavy (non-hydrogen) atoms. The molecule has 0 aromatic carbocycles.